The zero-order valence-electron chi connectivity index (χ0n) is 14.7. The summed E-state index contributed by atoms with van der Waals surface area (Å²) in [6.07, 6.45) is 3.71. The van der Waals surface area contributed by atoms with Crippen molar-refractivity contribution in [1.29, 1.82) is 0 Å². The Labute approximate surface area is 151 Å². The molecule has 1 aromatic carbocycles. The molecule has 2 aromatic rings. The lowest BCUT2D eigenvalue weighted by molar-refractivity contribution is -0.138. The molecule has 0 unspecified atom stereocenters. The van der Waals surface area contributed by atoms with E-state index in [1.807, 2.05) is 11.0 Å². The van der Waals surface area contributed by atoms with E-state index in [-0.39, 0.29) is 30.6 Å². The number of aliphatic carboxylic acids is 1. The van der Waals surface area contributed by atoms with Crippen LogP contribution in [0.4, 0.5) is 4.39 Å². The summed E-state index contributed by atoms with van der Waals surface area (Å²) in [5, 5.41) is 13.2. The summed E-state index contributed by atoms with van der Waals surface area (Å²) in [5.74, 6) is -1.10. The smallest absolute Gasteiger partial charge is 0.325 e. The normalized spacial score (nSPS) is 17.3. The number of carbonyl (C=O) groups is 2. The fourth-order valence-electron chi connectivity index (χ4n) is 3.40. The first-order chi connectivity index (χ1) is 12.4. The first-order valence-corrected chi connectivity index (χ1v) is 8.70. The van der Waals surface area contributed by atoms with E-state index in [2.05, 4.69) is 5.10 Å². The van der Waals surface area contributed by atoms with Crippen molar-refractivity contribution in [2.75, 3.05) is 13.1 Å². The van der Waals surface area contributed by atoms with Crippen molar-refractivity contribution in [3.05, 3.63) is 53.1 Å². The molecule has 2 heterocycles. The van der Waals surface area contributed by atoms with Gasteiger partial charge in [0.2, 0.25) is 5.91 Å². The van der Waals surface area contributed by atoms with Crippen LogP contribution in [0.3, 0.4) is 0 Å². The molecule has 1 aromatic heterocycles. The molecule has 3 rings (SSSR count). The maximum Gasteiger partial charge on any atom is 0.325 e. The Morgan fingerprint density at radius 3 is 2.88 bits per heavy atom. The van der Waals surface area contributed by atoms with E-state index in [1.165, 1.54) is 16.8 Å². The van der Waals surface area contributed by atoms with Gasteiger partial charge in [0, 0.05) is 25.2 Å². The molecule has 138 valence electrons. The van der Waals surface area contributed by atoms with Crippen LogP contribution in [0.5, 0.6) is 0 Å². The van der Waals surface area contributed by atoms with Crippen molar-refractivity contribution in [3.8, 4) is 0 Å². The molecule has 6 nitrogen and oxygen atoms in total. The van der Waals surface area contributed by atoms with Gasteiger partial charge < -0.3 is 10.0 Å². The molecule has 1 saturated heterocycles. The maximum absolute atomic E-state index is 13.2. The van der Waals surface area contributed by atoms with Gasteiger partial charge in [0.05, 0.1) is 12.1 Å². The van der Waals surface area contributed by atoms with Crippen molar-refractivity contribution >= 4 is 11.9 Å². The molecule has 1 N–H and O–H groups in total. The number of halogens is 1. The molecule has 0 spiro atoms. The van der Waals surface area contributed by atoms with Gasteiger partial charge in [-0.05, 0) is 49.1 Å². The number of piperidine rings is 1. The molecule has 7 heteroatoms. The highest BCUT2D eigenvalue weighted by atomic mass is 19.1. The zero-order chi connectivity index (χ0) is 18.7. The molecule has 1 aliphatic heterocycles. The van der Waals surface area contributed by atoms with Gasteiger partial charge in [0.15, 0.2) is 0 Å². The largest absolute Gasteiger partial charge is 0.480 e. The molecule has 0 saturated carbocycles. The predicted molar refractivity (Wildman–Crippen MR) is 93.3 cm³/mol. The zero-order valence-corrected chi connectivity index (χ0v) is 14.7. The maximum atomic E-state index is 13.2. The third-order valence-electron chi connectivity index (χ3n) is 4.80. The van der Waals surface area contributed by atoms with Crippen LogP contribution >= 0.6 is 0 Å². The van der Waals surface area contributed by atoms with Crippen LogP contribution < -0.4 is 0 Å². The van der Waals surface area contributed by atoms with Crippen LogP contribution in [0.25, 0.3) is 0 Å². The van der Waals surface area contributed by atoms with E-state index in [0.717, 1.165) is 29.7 Å². The van der Waals surface area contributed by atoms with Crippen LogP contribution in [-0.4, -0.2) is 44.8 Å². The second-order valence-corrected chi connectivity index (χ2v) is 6.76. The lowest BCUT2D eigenvalue weighted by Crippen LogP contribution is -2.40. The average molecular weight is 359 g/mol. The molecule has 1 fully saturated rings. The van der Waals surface area contributed by atoms with E-state index in [9.17, 15) is 14.0 Å². The summed E-state index contributed by atoms with van der Waals surface area (Å²) in [4.78, 5) is 25.3. The van der Waals surface area contributed by atoms with Gasteiger partial charge in [0.25, 0.3) is 0 Å². The highest BCUT2D eigenvalue weighted by molar-refractivity contribution is 5.79. The number of rotatable bonds is 5. The van der Waals surface area contributed by atoms with E-state index >= 15 is 0 Å². The molecular formula is C19H22FN3O3. The Morgan fingerprint density at radius 2 is 2.15 bits per heavy atom. The standard InChI is InChI=1S/C19H22FN3O3/c1-13-9-16(20)5-4-14(13)10-18(24)22-7-2-3-15(11-22)17-6-8-23(21-17)12-19(25)26/h4-6,8-9,15H,2-3,7,10-12H2,1H3,(H,25,26)/t15-/m0/s1. The monoisotopic (exact) mass is 359 g/mol. The Bertz CT molecular complexity index is 818. The molecule has 0 radical (unpaired) electrons. The van der Waals surface area contributed by atoms with Gasteiger partial charge in [-0.25, -0.2) is 4.39 Å². The van der Waals surface area contributed by atoms with Crippen molar-refractivity contribution < 1.29 is 19.1 Å². The van der Waals surface area contributed by atoms with Crippen molar-refractivity contribution in [2.24, 2.45) is 0 Å². The minimum absolute atomic E-state index is 0.0226. The number of benzene rings is 1. The van der Waals surface area contributed by atoms with Crippen LogP contribution in [0, 0.1) is 12.7 Å². The fourth-order valence-corrected chi connectivity index (χ4v) is 3.40. The number of amides is 1. The van der Waals surface area contributed by atoms with Gasteiger partial charge in [-0.2, -0.15) is 5.10 Å². The van der Waals surface area contributed by atoms with Gasteiger partial charge in [0.1, 0.15) is 12.4 Å². The van der Waals surface area contributed by atoms with Gasteiger partial charge >= 0.3 is 5.97 Å². The van der Waals surface area contributed by atoms with Crippen molar-refractivity contribution in [2.45, 2.75) is 38.6 Å². The first kappa shape index (κ1) is 18.1. The van der Waals surface area contributed by atoms with Crippen LogP contribution in [0.15, 0.2) is 30.5 Å². The summed E-state index contributed by atoms with van der Waals surface area (Å²) in [6.45, 7) is 2.91. The third-order valence-corrected chi connectivity index (χ3v) is 4.80. The average Bonchev–Trinajstić information content (AvgIpc) is 3.05. The quantitative estimate of drug-likeness (QED) is 0.889. The van der Waals surface area contributed by atoms with Crippen molar-refractivity contribution in [1.82, 2.24) is 14.7 Å². The van der Waals surface area contributed by atoms with Crippen molar-refractivity contribution in [3.63, 3.8) is 0 Å². The number of hydrogen-bond donors (Lipinski definition) is 1. The number of nitrogens with zero attached hydrogens (tertiary/aromatic N) is 3. The van der Waals surface area contributed by atoms with Gasteiger partial charge in [-0.15, -0.1) is 0 Å². The molecule has 0 bridgehead atoms. The SMILES string of the molecule is Cc1cc(F)ccc1CC(=O)N1CCC[C@H](c2ccn(CC(=O)O)n2)C1. The summed E-state index contributed by atoms with van der Waals surface area (Å²) in [5.41, 5.74) is 2.44. The van der Waals surface area contributed by atoms with E-state index in [0.29, 0.717) is 13.1 Å². The minimum atomic E-state index is -0.935. The predicted octanol–water partition coefficient (Wildman–Crippen LogP) is 2.36. The Balaban J connectivity index is 1.65. The number of hydrogen-bond acceptors (Lipinski definition) is 3. The van der Waals surface area contributed by atoms with Gasteiger partial charge in [-0.1, -0.05) is 6.07 Å². The van der Waals surface area contributed by atoms with Crippen LogP contribution in [-0.2, 0) is 22.6 Å². The summed E-state index contributed by atoms with van der Waals surface area (Å²) in [7, 11) is 0. The summed E-state index contributed by atoms with van der Waals surface area (Å²) >= 11 is 0. The molecular weight excluding hydrogens is 337 g/mol. The Kier molecular flexibility index (Phi) is 5.35. The summed E-state index contributed by atoms with van der Waals surface area (Å²) in [6, 6.07) is 6.31. The first-order valence-electron chi connectivity index (χ1n) is 8.70. The topological polar surface area (TPSA) is 75.4 Å². The summed E-state index contributed by atoms with van der Waals surface area (Å²) < 4.78 is 14.6. The van der Waals surface area contributed by atoms with E-state index < -0.39 is 5.97 Å². The molecule has 0 aliphatic carbocycles. The molecule has 1 atom stereocenters. The number of aryl methyl sites for hydroxylation is 1. The minimum Gasteiger partial charge on any atom is -0.480 e. The van der Waals surface area contributed by atoms with Gasteiger partial charge in [-0.3, -0.25) is 14.3 Å². The Hall–Kier alpha value is -2.70. The number of carboxylic acids is 1. The number of likely N-dealkylation sites (tertiary alicyclic amines) is 1. The Morgan fingerprint density at radius 1 is 1.35 bits per heavy atom. The van der Waals surface area contributed by atoms with Crippen LogP contribution in [0.2, 0.25) is 0 Å². The number of aromatic nitrogens is 2. The fraction of sp³-hybridized carbons (Fsp3) is 0.421. The molecule has 1 amide bonds. The van der Waals surface area contributed by atoms with E-state index in [1.54, 1.807) is 19.2 Å². The highest BCUT2D eigenvalue weighted by Crippen LogP contribution is 2.26. The highest BCUT2D eigenvalue weighted by Gasteiger charge is 2.26. The second kappa shape index (κ2) is 7.68. The van der Waals surface area contributed by atoms with Crippen LogP contribution in [0.1, 0.15) is 35.6 Å². The third kappa shape index (κ3) is 4.28. The van der Waals surface area contributed by atoms with E-state index in [4.69, 9.17) is 5.11 Å². The lowest BCUT2D eigenvalue weighted by atomic mass is 9.94. The molecule has 1 aliphatic rings. The second-order valence-electron chi connectivity index (χ2n) is 6.76. The lowest BCUT2D eigenvalue weighted by Gasteiger charge is -2.32. The molecule has 26 heavy (non-hydrogen) atoms. The number of carbonyl (C=O) groups excluding carboxylic acids is 1. The number of carboxylic acid groups (broad SMARTS) is 1.